The molecule has 0 fully saturated rings. The first kappa shape index (κ1) is 11.3. The van der Waals surface area contributed by atoms with Gasteiger partial charge < -0.3 is 4.52 Å². The standard InChI is InChI=1S/C5H9O6P/c1-3-5(6)10-12(8,11-7)9-4-2/h3,7H,1,4H2,2H3. The summed E-state index contributed by atoms with van der Waals surface area (Å²) in [5.74, 6) is -0.999. The lowest BCUT2D eigenvalue weighted by Crippen LogP contribution is -2.02. The third-order valence-corrected chi connectivity index (χ3v) is 1.93. The van der Waals surface area contributed by atoms with Gasteiger partial charge in [0.05, 0.1) is 6.61 Å². The number of carbonyl (C=O) groups is 1. The summed E-state index contributed by atoms with van der Waals surface area (Å²) < 4.78 is 22.8. The van der Waals surface area contributed by atoms with E-state index in [0.29, 0.717) is 0 Å². The van der Waals surface area contributed by atoms with Crippen molar-refractivity contribution < 1.29 is 28.3 Å². The van der Waals surface area contributed by atoms with Gasteiger partial charge in [-0.1, -0.05) is 6.58 Å². The van der Waals surface area contributed by atoms with Crippen molar-refractivity contribution in [1.29, 1.82) is 0 Å². The van der Waals surface area contributed by atoms with Gasteiger partial charge in [-0.3, -0.25) is 4.52 Å². The average Bonchev–Trinajstić information content (AvgIpc) is 2.05. The lowest BCUT2D eigenvalue weighted by molar-refractivity contribution is -0.170. The molecule has 0 rings (SSSR count). The van der Waals surface area contributed by atoms with E-state index in [1.54, 1.807) is 0 Å². The fourth-order valence-corrected chi connectivity index (χ4v) is 1.12. The van der Waals surface area contributed by atoms with Crippen molar-refractivity contribution in [3.05, 3.63) is 12.7 Å². The van der Waals surface area contributed by atoms with Crippen LogP contribution in [0.25, 0.3) is 0 Å². The summed E-state index contributed by atoms with van der Waals surface area (Å²) in [5.41, 5.74) is 0. The van der Waals surface area contributed by atoms with Gasteiger partial charge in [0.15, 0.2) is 0 Å². The molecule has 0 aliphatic carbocycles. The van der Waals surface area contributed by atoms with Crippen LogP contribution in [0.15, 0.2) is 12.7 Å². The van der Waals surface area contributed by atoms with Crippen LogP contribution in [0, 0.1) is 0 Å². The lowest BCUT2D eigenvalue weighted by atomic mass is 10.7. The molecule has 0 amide bonds. The van der Waals surface area contributed by atoms with Crippen molar-refractivity contribution in [1.82, 2.24) is 0 Å². The van der Waals surface area contributed by atoms with E-state index < -0.39 is 13.8 Å². The Hall–Kier alpha value is -0.680. The molecule has 1 atom stereocenters. The fourth-order valence-electron chi connectivity index (χ4n) is 0.372. The summed E-state index contributed by atoms with van der Waals surface area (Å²) in [7, 11) is -4.14. The molecule has 12 heavy (non-hydrogen) atoms. The topological polar surface area (TPSA) is 82.1 Å². The Kier molecular flexibility index (Phi) is 4.77. The number of hydrogen-bond donors (Lipinski definition) is 1. The molecule has 1 N–H and O–H groups in total. The Balaban J connectivity index is 4.23. The smallest absolute Gasteiger partial charge is 0.366 e. The van der Waals surface area contributed by atoms with E-state index >= 15 is 0 Å². The van der Waals surface area contributed by atoms with Crippen LogP contribution < -0.4 is 0 Å². The van der Waals surface area contributed by atoms with Gasteiger partial charge in [-0.05, 0) is 6.92 Å². The highest BCUT2D eigenvalue weighted by Crippen LogP contribution is 2.48. The van der Waals surface area contributed by atoms with Gasteiger partial charge in [-0.2, -0.15) is 0 Å². The summed E-state index contributed by atoms with van der Waals surface area (Å²) in [4.78, 5) is 10.5. The Labute approximate surface area is 69.3 Å². The third kappa shape index (κ3) is 3.64. The third-order valence-electron chi connectivity index (χ3n) is 0.756. The minimum atomic E-state index is -4.14. The van der Waals surface area contributed by atoms with Crippen LogP contribution in [0.3, 0.4) is 0 Å². The van der Waals surface area contributed by atoms with Crippen LogP contribution in [-0.4, -0.2) is 17.8 Å². The van der Waals surface area contributed by atoms with Gasteiger partial charge in [0.25, 0.3) is 0 Å². The minimum absolute atomic E-state index is 0.0255. The average molecular weight is 196 g/mol. The summed E-state index contributed by atoms with van der Waals surface area (Å²) >= 11 is 0. The highest BCUT2D eigenvalue weighted by atomic mass is 31.2. The molecular weight excluding hydrogens is 187 g/mol. The number of phosphoric acid groups is 1. The molecule has 0 saturated carbocycles. The SMILES string of the molecule is C=CC(=O)OP(=O)(OO)OCC. The maximum absolute atomic E-state index is 11.0. The molecule has 7 heteroatoms. The maximum Gasteiger partial charge on any atom is 0.560 e. The molecule has 0 aromatic carbocycles. The molecule has 0 saturated heterocycles. The van der Waals surface area contributed by atoms with Gasteiger partial charge >= 0.3 is 13.8 Å². The van der Waals surface area contributed by atoms with Crippen molar-refractivity contribution in [2.24, 2.45) is 0 Å². The number of carbonyl (C=O) groups excluding carboxylic acids is 1. The number of rotatable bonds is 5. The first-order valence-corrected chi connectivity index (χ1v) is 4.47. The van der Waals surface area contributed by atoms with Gasteiger partial charge in [-0.25, -0.2) is 14.6 Å². The van der Waals surface area contributed by atoms with Crippen LogP contribution in [0.4, 0.5) is 0 Å². The fraction of sp³-hybridized carbons (Fsp3) is 0.400. The summed E-state index contributed by atoms with van der Waals surface area (Å²) in [6.07, 6.45) is 0.769. The zero-order chi connectivity index (χ0) is 9.61. The Morgan fingerprint density at radius 1 is 1.75 bits per heavy atom. The Bertz CT molecular complexity index is 212. The molecule has 0 aliphatic heterocycles. The van der Waals surface area contributed by atoms with E-state index in [1.165, 1.54) is 6.92 Å². The first-order chi connectivity index (χ1) is 5.58. The van der Waals surface area contributed by atoms with Crippen molar-refractivity contribution in [3.63, 3.8) is 0 Å². The second-order valence-corrected chi connectivity index (χ2v) is 3.06. The second-order valence-electron chi connectivity index (χ2n) is 1.56. The molecule has 0 heterocycles. The van der Waals surface area contributed by atoms with Crippen LogP contribution >= 0.6 is 7.82 Å². The second kappa shape index (κ2) is 5.05. The minimum Gasteiger partial charge on any atom is -0.366 e. The molecule has 0 bridgehead atoms. The van der Waals surface area contributed by atoms with Crippen LogP contribution in [0.5, 0.6) is 0 Å². The van der Waals surface area contributed by atoms with Gasteiger partial charge in [0, 0.05) is 6.08 Å². The monoisotopic (exact) mass is 196 g/mol. The van der Waals surface area contributed by atoms with Crippen LogP contribution in [0.2, 0.25) is 0 Å². The number of phosphoric ester groups is 1. The molecule has 1 unspecified atom stereocenters. The predicted octanol–water partition coefficient (Wildman–Crippen LogP) is 1.35. The summed E-state index contributed by atoms with van der Waals surface area (Å²) in [5, 5.41) is 8.06. The van der Waals surface area contributed by atoms with Gasteiger partial charge in [0.1, 0.15) is 0 Å². The molecule has 0 spiro atoms. The Morgan fingerprint density at radius 2 is 2.33 bits per heavy atom. The van der Waals surface area contributed by atoms with E-state index in [2.05, 4.69) is 20.3 Å². The zero-order valence-corrected chi connectivity index (χ0v) is 7.32. The van der Waals surface area contributed by atoms with Crippen molar-refractivity contribution in [2.75, 3.05) is 6.61 Å². The van der Waals surface area contributed by atoms with Gasteiger partial charge in [0.2, 0.25) is 0 Å². The van der Waals surface area contributed by atoms with Crippen LogP contribution in [0.1, 0.15) is 6.92 Å². The normalized spacial score (nSPS) is 14.8. The molecule has 0 aliphatic rings. The Morgan fingerprint density at radius 3 is 2.67 bits per heavy atom. The van der Waals surface area contributed by atoms with E-state index in [0.717, 1.165) is 6.08 Å². The quantitative estimate of drug-likeness (QED) is 0.309. The lowest BCUT2D eigenvalue weighted by Gasteiger charge is -2.10. The molecule has 70 valence electrons. The number of hydrogen-bond acceptors (Lipinski definition) is 6. The highest BCUT2D eigenvalue weighted by Gasteiger charge is 2.29. The zero-order valence-electron chi connectivity index (χ0n) is 6.43. The van der Waals surface area contributed by atoms with Crippen molar-refractivity contribution in [3.8, 4) is 0 Å². The van der Waals surface area contributed by atoms with E-state index in [1.807, 2.05) is 0 Å². The van der Waals surface area contributed by atoms with E-state index in [-0.39, 0.29) is 6.61 Å². The van der Waals surface area contributed by atoms with E-state index in [9.17, 15) is 9.36 Å². The summed E-state index contributed by atoms with van der Waals surface area (Å²) in [6.45, 7) is 4.52. The molecular formula is C5H9O6P. The largest absolute Gasteiger partial charge is 0.560 e. The molecule has 6 nitrogen and oxygen atoms in total. The summed E-state index contributed by atoms with van der Waals surface area (Å²) in [6, 6.07) is 0. The van der Waals surface area contributed by atoms with Crippen LogP contribution in [-0.2, 0) is 23.1 Å². The first-order valence-electron chi connectivity index (χ1n) is 3.01. The molecule has 0 aromatic heterocycles. The maximum atomic E-state index is 11.0. The molecule has 0 aromatic rings. The van der Waals surface area contributed by atoms with Crippen molar-refractivity contribution in [2.45, 2.75) is 6.92 Å². The highest BCUT2D eigenvalue weighted by molar-refractivity contribution is 7.48. The van der Waals surface area contributed by atoms with Gasteiger partial charge in [-0.15, -0.1) is 4.67 Å². The van der Waals surface area contributed by atoms with E-state index in [4.69, 9.17) is 5.26 Å². The molecule has 0 radical (unpaired) electrons. The predicted molar refractivity (Wildman–Crippen MR) is 39.2 cm³/mol. The van der Waals surface area contributed by atoms with Crippen molar-refractivity contribution >= 4 is 13.8 Å².